The van der Waals surface area contributed by atoms with E-state index in [1.807, 2.05) is 30.9 Å². The second-order valence-corrected chi connectivity index (χ2v) is 5.70. The van der Waals surface area contributed by atoms with Crippen LogP contribution in [0.4, 0.5) is 0 Å². The molecule has 1 aromatic heterocycles. The summed E-state index contributed by atoms with van der Waals surface area (Å²) in [4.78, 5) is 18.0. The third kappa shape index (κ3) is 3.53. The molecule has 1 aliphatic rings. The van der Waals surface area contributed by atoms with E-state index in [1.54, 1.807) is 12.4 Å². The Balaban J connectivity index is 1.84. The number of aryl methyl sites for hydroxylation is 1. The van der Waals surface area contributed by atoms with Gasteiger partial charge in [-0.2, -0.15) is 0 Å². The lowest BCUT2D eigenvalue weighted by molar-refractivity contribution is -0.138. The number of piperidine rings is 1. The molecule has 0 spiro atoms. The van der Waals surface area contributed by atoms with Crippen molar-refractivity contribution in [3.63, 3.8) is 0 Å². The number of carbonyl (C=O) groups excluding carboxylic acids is 1. The van der Waals surface area contributed by atoms with E-state index in [4.69, 9.17) is 0 Å². The van der Waals surface area contributed by atoms with Crippen molar-refractivity contribution >= 4 is 5.91 Å². The summed E-state index contributed by atoms with van der Waals surface area (Å²) in [5, 5.41) is 10.1. The van der Waals surface area contributed by atoms with Crippen molar-refractivity contribution in [3.05, 3.63) is 30.1 Å². The third-order valence-corrected chi connectivity index (χ3v) is 4.17. The Morgan fingerprint density at radius 1 is 1.53 bits per heavy atom. The highest BCUT2D eigenvalue weighted by molar-refractivity contribution is 5.76. The van der Waals surface area contributed by atoms with Crippen molar-refractivity contribution in [2.75, 3.05) is 13.1 Å². The molecule has 0 saturated carbocycles. The van der Waals surface area contributed by atoms with Gasteiger partial charge in [0.05, 0.1) is 5.60 Å². The number of hydrogen-bond donors (Lipinski definition) is 1. The quantitative estimate of drug-likeness (QED) is 0.901. The second-order valence-electron chi connectivity index (χ2n) is 5.70. The number of rotatable bonds is 3. The van der Waals surface area contributed by atoms with Gasteiger partial charge in [-0.05, 0) is 37.5 Å². The Labute approximate surface area is 114 Å². The Kier molecular flexibility index (Phi) is 4.20. The lowest BCUT2D eigenvalue weighted by atomic mass is 9.84. The summed E-state index contributed by atoms with van der Waals surface area (Å²) in [6.07, 6.45) is 5.44. The van der Waals surface area contributed by atoms with Gasteiger partial charge in [0.2, 0.25) is 5.91 Å². The van der Waals surface area contributed by atoms with Gasteiger partial charge in [-0.15, -0.1) is 0 Å². The van der Waals surface area contributed by atoms with E-state index in [0.29, 0.717) is 25.9 Å². The molecule has 4 heteroatoms. The number of likely N-dealkylation sites (tertiary alicyclic amines) is 1. The molecule has 4 nitrogen and oxygen atoms in total. The first-order chi connectivity index (χ1) is 8.99. The standard InChI is InChI=1S/C15H22N2O2/c1-12-11-17(10-7-15(12,2)19)14(18)4-3-13-5-8-16-9-6-13/h5-6,8-9,12,19H,3-4,7,10-11H2,1-2H3/t12-,15+/m0/s1. The summed E-state index contributed by atoms with van der Waals surface area (Å²) in [7, 11) is 0. The number of carbonyl (C=O) groups is 1. The molecule has 1 fully saturated rings. The monoisotopic (exact) mass is 262 g/mol. The van der Waals surface area contributed by atoms with Gasteiger partial charge in [-0.3, -0.25) is 9.78 Å². The van der Waals surface area contributed by atoms with Crippen molar-refractivity contribution in [2.24, 2.45) is 5.92 Å². The van der Waals surface area contributed by atoms with Crippen LogP contribution >= 0.6 is 0 Å². The maximum atomic E-state index is 12.2. The fourth-order valence-corrected chi connectivity index (χ4v) is 2.41. The minimum Gasteiger partial charge on any atom is -0.390 e. The van der Waals surface area contributed by atoms with Crippen LogP contribution in [-0.2, 0) is 11.2 Å². The van der Waals surface area contributed by atoms with E-state index < -0.39 is 5.60 Å². The SMILES string of the molecule is C[C@H]1CN(C(=O)CCc2ccncc2)CC[C@@]1(C)O. The molecule has 2 rings (SSSR count). The van der Waals surface area contributed by atoms with Crippen LogP contribution in [0.1, 0.15) is 32.3 Å². The van der Waals surface area contributed by atoms with Gasteiger partial charge in [0.15, 0.2) is 0 Å². The molecule has 0 aliphatic carbocycles. The molecule has 1 saturated heterocycles. The highest BCUT2D eigenvalue weighted by atomic mass is 16.3. The fourth-order valence-electron chi connectivity index (χ4n) is 2.41. The van der Waals surface area contributed by atoms with Gasteiger partial charge in [0, 0.05) is 37.8 Å². The Hall–Kier alpha value is -1.42. The van der Waals surface area contributed by atoms with Crippen molar-refractivity contribution in [3.8, 4) is 0 Å². The number of aromatic nitrogens is 1. The summed E-state index contributed by atoms with van der Waals surface area (Å²) in [6.45, 7) is 5.17. The molecular weight excluding hydrogens is 240 g/mol. The Morgan fingerprint density at radius 2 is 2.21 bits per heavy atom. The summed E-state index contributed by atoms with van der Waals surface area (Å²) in [5.41, 5.74) is 0.502. The second kappa shape index (κ2) is 5.70. The Morgan fingerprint density at radius 3 is 2.84 bits per heavy atom. The van der Waals surface area contributed by atoms with Crippen molar-refractivity contribution in [1.29, 1.82) is 0 Å². The molecule has 2 atom stereocenters. The smallest absolute Gasteiger partial charge is 0.222 e. The minimum atomic E-state index is -0.637. The zero-order valence-electron chi connectivity index (χ0n) is 11.7. The first kappa shape index (κ1) is 14.0. The number of hydrogen-bond acceptors (Lipinski definition) is 3. The van der Waals surface area contributed by atoms with Crippen LogP contribution < -0.4 is 0 Å². The lowest BCUT2D eigenvalue weighted by Gasteiger charge is -2.41. The van der Waals surface area contributed by atoms with Crippen LogP contribution in [-0.4, -0.2) is 39.6 Å². The molecule has 1 aliphatic heterocycles. The van der Waals surface area contributed by atoms with E-state index >= 15 is 0 Å². The molecule has 0 bridgehead atoms. The summed E-state index contributed by atoms with van der Waals surface area (Å²) >= 11 is 0. The van der Waals surface area contributed by atoms with Crippen molar-refractivity contribution < 1.29 is 9.90 Å². The molecule has 0 unspecified atom stereocenters. The molecule has 2 heterocycles. The van der Waals surface area contributed by atoms with E-state index in [2.05, 4.69) is 4.98 Å². The number of nitrogens with zero attached hydrogens (tertiary/aromatic N) is 2. The summed E-state index contributed by atoms with van der Waals surface area (Å²) in [5.74, 6) is 0.310. The van der Waals surface area contributed by atoms with Crippen LogP contribution in [0.3, 0.4) is 0 Å². The predicted molar refractivity (Wildman–Crippen MR) is 73.5 cm³/mol. The van der Waals surface area contributed by atoms with E-state index in [9.17, 15) is 9.90 Å². The molecule has 19 heavy (non-hydrogen) atoms. The number of aliphatic hydroxyl groups is 1. The van der Waals surface area contributed by atoms with Crippen molar-refractivity contribution in [1.82, 2.24) is 9.88 Å². The maximum Gasteiger partial charge on any atom is 0.222 e. The van der Waals surface area contributed by atoms with Crippen LogP contribution in [0.25, 0.3) is 0 Å². The average Bonchev–Trinajstić information content (AvgIpc) is 2.40. The van der Waals surface area contributed by atoms with Gasteiger partial charge >= 0.3 is 0 Å². The third-order valence-electron chi connectivity index (χ3n) is 4.17. The van der Waals surface area contributed by atoms with Gasteiger partial charge in [-0.1, -0.05) is 6.92 Å². The van der Waals surface area contributed by atoms with Crippen LogP contribution in [0.5, 0.6) is 0 Å². The van der Waals surface area contributed by atoms with E-state index in [-0.39, 0.29) is 11.8 Å². The Bertz CT molecular complexity index is 431. The average molecular weight is 262 g/mol. The van der Waals surface area contributed by atoms with Crippen LogP contribution in [0.2, 0.25) is 0 Å². The first-order valence-corrected chi connectivity index (χ1v) is 6.88. The highest BCUT2D eigenvalue weighted by Crippen LogP contribution is 2.27. The van der Waals surface area contributed by atoms with Crippen LogP contribution in [0, 0.1) is 5.92 Å². The summed E-state index contributed by atoms with van der Waals surface area (Å²) in [6, 6.07) is 3.88. The predicted octanol–water partition coefficient (Wildman–Crippen LogP) is 1.63. The number of amides is 1. The highest BCUT2D eigenvalue weighted by Gasteiger charge is 2.35. The molecule has 0 radical (unpaired) electrons. The minimum absolute atomic E-state index is 0.131. The largest absolute Gasteiger partial charge is 0.390 e. The molecule has 1 amide bonds. The first-order valence-electron chi connectivity index (χ1n) is 6.88. The number of pyridine rings is 1. The summed E-state index contributed by atoms with van der Waals surface area (Å²) < 4.78 is 0. The van der Waals surface area contributed by atoms with E-state index in [0.717, 1.165) is 12.0 Å². The zero-order chi connectivity index (χ0) is 13.9. The topological polar surface area (TPSA) is 53.4 Å². The zero-order valence-corrected chi connectivity index (χ0v) is 11.7. The van der Waals surface area contributed by atoms with E-state index in [1.165, 1.54) is 0 Å². The lowest BCUT2D eigenvalue weighted by Crippen LogP contribution is -2.50. The van der Waals surface area contributed by atoms with Crippen LogP contribution in [0.15, 0.2) is 24.5 Å². The molecular formula is C15H22N2O2. The van der Waals surface area contributed by atoms with Gasteiger partial charge < -0.3 is 10.0 Å². The molecule has 104 valence electrons. The normalized spacial score (nSPS) is 27.3. The van der Waals surface area contributed by atoms with Gasteiger partial charge in [0.1, 0.15) is 0 Å². The van der Waals surface area contributed by atoms with Crippen molar-refractivity contribution in [2.45, 2.75) is 38.7 Å². The maximum absolute atomic E-state index is 12.2. The molecule has 1 aromatic rings. The molecule has 0 aromatic carbocycles. The van der Waals surface area contributed by atoms with Gasteiger partial charge in [-0.25, -0.2) is 0 Å². The van der Waals surface area contributed by atoms with Gasteiger partial charge in [0.25, 0.3) is 0 Å². The molecule has 1 N–H and O–H groups in total. The fraction of sp³-hybridized carbons (Fsp3) is 0.600.